The Balaban J connectivity index is 0.00000162. The van der Waals surface area contributed by atoms with Gasteiger partial charge in [0, 0.05) is 25.0 Å². The first-order chi connectivity index (χ1) is 8.29. The minimum absolute atomic E-state index is 0. The maximum absolute atomic E-state index is 11.8. The second-order valence-electron chi connectivity index (χ2n) is 5.23. The second-order valence-corrected chi connectivity index (χ2v) is 5.23. The molecule has 6 heteroatoms. The highest BCUT2D eigenvalue weighted by molar-refractivity contribution is 5.85. The Morgan fingerprint density at radius 3 is 2.74 bits per heavy atom. The Morgan fingerprint density at radius 2 is 2.11 bits per heavy atom. The van der Waals surface area contributed by atoms with Crippen LogP contribution in [0.25, 0.3) is 0 Å². The summed E-state index contributed by atoms with van der Waals surface area (Å²) in [5.41, 5.74) is 0. The summed E-state index contributed by atoms with van der Waals surface area (Å²) in [4.78, 5) is 14.2. The van der Waals surface area contributed by atoms with Crippen LogP contribution in [0.15, 0.2) is 0 Å². The SMILES string of the molecule is CCN1CCCC1CNC(=O)CC1CCCN1.Cl.Cl. The van der Waals surface area contributed by atoms with Gasteiger partial charge in [-0.2, -0.15) is 0 Å². The normalized spacial score (nSPS) is 26.6. The minimum Gasteiger partial charge on any atom is -0.354 e. The monoisotopic (exact) mass is 311 g/mol. The van der Waals surface area contributed by atoms with Crippen LogP contribution in [0.4, 0.5) is 0 Å². The summed E-state index contributed by atoms with van der Waals surface area (Å²) >= 11 is 0. The van der Waals surface area contributed by atoms with Gasteiger partial charge in [0.05, 0.1) is 0 Å². The molecule has 0 aromatic carbocycles. The molecule has 0 spiro atoms. The molecule has 2 fully saturated rings. The van der Waals surface area contributed by atoms with E-state index >= 15 is 0 Å². The van der Waals surface area contributed by atoms with E-state index in [-0.39, 0.29) is 30.7 Å². The van der Waals surface area contributed by atoms with Crippen LogP contribution >= 0.6 is 24.8 Å². The van der Waals surface area contributed by atoms with E-state index in [4.69, 9.17) is 0 Å². The van der Waals surface area contributed by atoms with Gasteiger partial charge >= 0.3 is 0 Å². The molecule has 2 atom stereocenters. The van der Waals surface area contributed by atoms with Gasteiger partial charge in [-0.3, -0.25) is 9.69 Å². The number of rotatable bonds is 5. The third-order valence-electron chi connectivity index (χ3n) is 4.03. The standard InChI is InChI=1S/C13H25N3O.2ClH/c1-2-16-8-4-6-12(16)10-15-13(17)9-11-5-3-7-14-11;;/h11-12,14H,2-10H2,1H3,(H,15,17);2*1H. The van der Waals surface area contributed by atoms with Crippen LogP contribution in [0.5, 0.6) is 0 Å². The summed E-state index contributed by atoms with van der Waals surface area (Å²) in [6.07, 6.45) is 5.52. The van der Waals surface area contributed by atoms with Crippen molar-refractivity contribution < 1.29 is 4.79 Å². The van der Waals surface area contributed by atoms with E-state index in [1.807, 2.05) is 0 Å². The molecule has 114 valence electrons. The Kier molecular flexibility index (Phi) is 9.79. The summed E-state index contributed by atoms with van der Waals surface area (Å²) < 4.78 is 0. The summed E-state index contributed by atoms with van der Waals surface area (Å²) in [6, 6.07) is 0.987. The van der Waals surface area contributed by atoms with Gasteiger partial charge in [-0.05, 0) is 45.3 Å². The zero-order chi connectivity index (χ0) is 12.1. The van der Waals surface area contributed by atoms with Gasteiger partial charge in [0.1, 0.15) is 0 Å². The number of halogens is 2. The maximum Gasteiger partial charge on any atom is 0.221 e. The van der Waals surface area contributed by atoms with E-state index in [2.05, 4.69) is 22.5 Å². The van der Waals surface area contributed by atoms with Crippen molar-refractivity contribution in [1.82, 2.24) is 15.5 Å². The van der Waals surface area contributed by atoms with E-state index in [0.29, 0.717) is 18.5 Å². The number of nitrogens with zero attached hydrogens (tertiary/aromatic N) is 1. The summed E-state index contributed by atoms with van der Waals surface area (Å²) in [5.74, 6) is 0.215. The third-order valence-corrected chi connectivity index (χ3v) is 4.03. The first-order valence-corrected chi connectivity index (χ1v) is 7.03. The summed E-state index contributed by atoms with van der Waals surface area (Å²) in [7, 11) is 0. The van der Waals surface area contributed by atoms with Gasteiger partial charge < -0.3 is 10.6 Å². The number of nitrogens with one attached hydrogen (secondary N) is 2. The molecule has 2 rings (SSSR count). The minimum atomic E-state index is 0. The van der Waals surface area contributed by atoms with Gasteiger partial charge in [0.2, 0.25) is 5.91 Å². The van der Waals surface area contributed by atoms with Gasteiger partial charge in [0.15, 0.2) is 0 Å². The Bertz CT molecular complexity index is 260. The summed E-state index contributed by atoms with van der Waals surface area (Å²) in [5, 5.41) is 6.46. The Hall–Kier alpha value is -0.0300. The lowest BCUT2D eigenvalue weighted by molar-refractivity contribution is -0.121. The van der Waals surface area contributed by atoms with Crippen LogP contribution in [0.2, 0.25) is 0 Å². The van der Waals surface area contributed by atoms with Crippen molar-refractivity contribution in [3.8, 4) is 0 Å². The largest absolute Gasteiger partial charge is 0.354 e. The molecular formula is C13H27Cl2N3O. The fraction of sp³-hybridized carbons (Fsp3) is 0.923. The number of carbonyl (C=O) groups is 1. The highest BCUT2D eigenvalue weighted by Crippen LogP contribution is 2.15. The van der Waals surface area contributed by atoms with Crippen LogP contribution in [-0.4, -0.2) is 49.1 Å². The maximum atomic E-state index is 11.8. The van der Waals surface area contributed by atoms with Gasteiger partial charge in [-0.25, -0.2) is 0 Å². The number of hydrogen-bond donors (Lipinski definition) is 2. The summed E-state index contributed by atoms with van der Waals surface area (Å²) in [6.45, 7) is 6.40. The van der Waals surface area contributed by atoms with Gasteiger partial charge in [0.25, 0.3) is 0 Å². The molecule has 2 heterocycles. The fourth-order valence-corrected chi connectivity index (χ4v) is 3.00. The molecule has 0 bridgehead atoms. The molecule has 0 saturated carbocycles. The second kappa shape index (κ2) is 9.81. The number of carbonyl (C=O) groups excluding carboxylic acids is 1. The molecule has 2 unspecified atom stereocenters. The van der Waals surface area contributed by atoms with Crippen molar-refractivity contribution in [2.24, 2.45) is 0 Å². The molecule has 2 N–H and O–H groups in total. The highest BCUT2D eigenvalue weighted by atomic mass is 35.5. The van der Waals surface area contributed by atoms with Gasteiger partial charge in [-0.1, -0.05) is 6.92 Å². The molecular weight excluding hydrogens is 285 g/mol. The number of likely N-dealkylation sites (tertiary alicyclic amines) is 1. The van der Waals surface area contributed by atoms with Crippen LogP contribution in [0.1, 0.15) is 39.0 Å². The van der Waals surface area contributed by atoms with Crippen LogP contribution in [0.3, 0.4) is 0 Å². The molecule has 0 aromatic heterocycles. The molecule has 4 nitrogen and oxygen atoms in total. The Labute approximate surface area is 128 Å². The molecule has 19 heavy (non-hydrogen) atoms. The molecule has 0 aliphatic carbocycles. The average Bonchev–Trinajstić information content (AvgIpc) is 2.96. The van der Waals surface area contributed by atoms with Crippen LogP contribution < -0.4 is 10.6 Å². The fourth-order valence-electron chi connectivity index (χ4n) is 3.00. The van der Waals surface area contributed by atoms with Crippen molar-refractivity contribution in [3.05, 3.63) is 0 Å². The molecule has 2 aliphatic heterocycles. The number of amides is 1. The van der Waals surface area contributed by atoms with Gasteiger partial charge in [-0.15, -0.1) is 24.8 Å². The van der Waals surface area contributed by atoms with Crippen LogP contribution in [0, 0.1) is 0 Å². The number of likely N-dealkylation sites (N-methyl/N-ethyl adjacent to an activating group) is 1. The van der Waals surface area contributed by atoms with Crippen molar-refractivity contribution in [2.75, 3.05) is 26.2 Å². The number of hydrogen-bond acceptors (Lipinski definition) is 3. The average molecular weight is 312 g/mol. The van der Waals surface area contributed by atoms with E-state index in [1.54, 1.807) is 0 Å². The molecule has 0 radical (unpaired) electrons. The van der Waals surface area contributed by atoms with Crippen molar-refractivity contribution in [3.63, 3.8) is 0 Å². The van der Waals surface area contributed by atoms with Crippen molar-refractivity contribution in [2.45, 2.75) is 51.1 Å². The molecule has 2 saturated heterocycles. The molecule has 1 amide bonds. The predicted molar refractivity (Wildman–Crippen MR) is 83.4 cm³/mol. The molecule has 2 aliphatic rings. The van der Waals surface area contributed by atoms with E-state index in [9.17, 15) is 4.79 Å². The zero-order valence-corrected chi connectivity index (χ0v) is 13.3. The molecule has 0 aromatic rings. The smallest absolute Gasteiger partial charge is 0.221 e. The zero-order valence-electron chi connectivity index (χ0n) is 11.7. The van der Waals surface area contributed by atoms with Crippen molar-refractivity contribution in [1.29, 1.82) is 0 Å². The van der Waals surface area contributed by atoms with Crippen molar-refractivity contribution >= 4 is 30.7 Å². The lowest BCUT2D eigenvalue weighted by Crippen LogP contribution is -2.41. The first-order valence-electron chi connectivity index (χ1n) is 7.03. The predicted octanol–water partition coefficient (Wildman–Crippen LogP) is 1.57. The van der Waals surface area contributed by atoms with Crippen LogP contribution in [-0.2, 0) is 4.79 Å². The lowest BCUT2D eigenvalue weighted by Gasteiger charge is -2.23. The van der Waals surface area contributed by atoms with E-state index in [1.165, 1.54) is 25.8 Å². The first kappa shape index (κ1) is 19.0. The van der Waals surface area contributed by atoms with E-state index in [0.717, 1.165) is 26.1 Å². The lowest BCUT2D eigenvalue weighted by atomic mass is 10.1. The van der Waals surface area contributed by atoms with E-state index < -0.39 is 0 Å². The Morgan fingerprint density at radius 1 is 1.32 bits per heavy atom. The highest BCUT2D eigenvalue weighted by Gasteiger charge is 2.24. The quantitative estimate of drug-likeness (QED) is 0.810. The topological polar surface area (TPSA) is 44.4 Å². The third kappa shape index (κ3) is 5.86.